The number of benzene rings is 3. The van der Waals surface area contributed by atoms with Gasteiger partial charge >= 0.3 is 23.9 Å². The molecule has 0 spiro atoms. The minimum absolute atomic E-state index is 0.140. The molecule has 14 heteroatoms. The van der Waals surface area contributed by atoms with E-state index in [-0.39, 0.29) is 5.78 Å². The summed E-state index contributed by atoms with van der Waals surface area (Å²) in [6.45, 7) is 9.32. The Morgan fingerprint density at radius 2 is 1.27 bits per heavy atom. The fourth-order valence-corrected chi connectivity index (χ4v) is 5.44. The quantitative estimate of drug-likeness (QED) is 0.0576. The summed E-state index contributed by atoms with van der Waals surface area (Å²) in [5.41, 5.74) is 4.05. The summed E-state index contributed by atoms with van der Waals surface area (Å²) < 4.78 is 7.99. The number of aromatic nitrogens is 2. The monoisotopic (exact) mass is 768 g/mol. The Hall–Kier alpha value is -6.38. The second-order valence-electron chi connectivity index (χ2n) is 12.5. The molecule has 0 atom stereocenters. The molecule has 1 aromatic heterocycles. The predicted octanol–water partition coefficient (Wildman–Crippen LogP) is 5.74. The Morgan fingerprint density at radius 3 is 1.84 bits per heavy atom. The first-order valence-corrected chi connectivity index (χ1v) is 18.1. The highest BCUT2D eigenvalue weighted by atomic mass is 16.5. The van der Waals surface area contributed by atoms with Gasteiger partial charge in [-0.2, -0.15) is 0 Å². The number of para-hydroxylation sites is 2. The molecular weight excluding hydrogens is 720 g/mol. The van der Waals surface area contributed by atoms with Gasteiger partial charge in [0.05, 0.1) is 24.2 Å². The standard InChI is InChI=1S/C34H40N4O2.2C4H4O4/c1-2-3-26-40-30-17-15-29(16-18-30)33(39)19-21-38-32-14-8-7-13-31(32)35-34(38)27-37-24-22-36(23-25-37)20-9-12-28-10-5-4-6-11-28;2*5-3(6)1-2-4(7)8/h4-18H,2-3,19-27H2,1H3;2*1-2H,(H,5,6)(H,7,8)/b12-9+;2*2-1-. The first-order chi connectivity index (χ1) is 26.9. The summed E-state index contributed by atoms with van der Waals surface area (Å²) in [7, 11) is 0. The number of aliphatic carboxylic acids is 4. The van der Waals surface area contributed by atoms with Crippen LogP contribution in [0, 0.1) is 0 Å². The zero-order valence-electron chi connectivity index (χ0n) is 31.3. The lowest BCUT2D eigenvalue weighted by Gasteiger charge is -2.34. The first kappa shape index (κ1) is 44.0. The van der Waals surface area contributed by atoms with E-state index in [0.717, 1.165) is 80.3 Å². The second-order valence-corrected chi connectivity index (χ2v) is 12.5. The summed E-state index contributed by atoms with van der Waals surface area (Å²) >= 11 is 0. The van der Waals surface area contributed by atoms with Crippen LogP contribution in [0.2, 0.25) is 0 Å². The van der Waals surface area contributed by atoms with Crippen molar-refractivity contribution in [3.8, 4) is 5.75 Å². The molecule has 0 saturated carbocycles. The van der Waals surface area contributed by atoms with Crippen LogP contribution in [0.3, 0.4) is 0 Å². The fourth-order valence-electron chi connectivity index (χ4n) is 5.44. The molecule has 0 unspecified atom stereocenters. The number of imidazole rings is 1. The second kappa shape index (κ2) is 24.1. The van der Waals surface area contributed by atoms with Gasteiger partial charge in [-0.1, -0.05) is 68.0 Å². The number of nitrogens with zero attached hydrogens (tertiary/aromatic N) is 4. The number of hydrogen-bond donors (Lipinski definition) is 4. The maximum Gasteiger partial charge on any atom is 0.328 e. The molecule has 1 aliphatic rings. The van der Waals surface area contributed by atoms with Gasteiger partial charge in [-0.25, -0.2) is 24.2 Å². The summed E-state index contributed by atoms with van der Waals surface area (Å²) in [5, 5.41) is 31.2. The summed E-state index contributed by atoms with van der Waals surface area (Å²) in [4.78, 5) is 61.2. The largest absolute Gasteiger partial charge is 0.494 e. The van der Waals surface area contributed by atoms with Gasteiger partial charge in [0.2, 0.25) is 0 Å². The molecule has 4 aromatic rings. The third-order valence-corrected chi connectivity index (χ3v) is 8.28. The van der Waals surface area contributed by atoms with Crippen LogP contribution in [0.25, 0.3) is 17.1 Å². The number of Topliss-reactive ketones (excluding diaryl/α,β-unsaturated/α-hetero) is 1. The molecule has 0 amide bonds. The van der Waals surface area contributed by atoms with Gasteiger partial charge in [-0.05, 0) is 48.4 Å². The zero-order chi connectivity index (χ0) is 40.7. The number of aryl methyl sites for hydroxylation is 1. The topological polar surface area (TPSA) is 200 Å². The number of carbonyl (C=O) groups excluding carboxylic acids is 1. The number of unbranched alkanes of at least 4 members (excludes halogenated alkanes) is 1. The van der Waals surface area contributed by atoms with Gasteiger partial charge in [0.25, 0.3) is 0 Å². The van der Waals surface area contributed by atoms with E-state index < -0.39 is 23.9 Å². The van der Waals surface area contributed by atoms with Gasteiger partial charge in [0, 0.05) is 75.6 Å². The van der Waals surface area contributed by atoms with Crippen LogP contribution >= 0.6 is 0 Å². The molecule has 4 N–H and O–H groups in total. The van der Waals surface area contributed by atoms with E-state index in [9.17, 15) is 24.0 Å². The van der Waals surface area contributed by atoms with Gasteiger partial charge in [0.1, 0.15) is 11.6 Å². The molecule has 0 bridgehead atoms. The number of fused-ring (bicyclic) bond motifs is 1. The zero-order valence-corrected chi connectivity index (χ0v) is 31.3. The van der Waals surface area contributed by atoms with Crippen molar-refractivity contribution in [3.05, 3.63) is 126 Å². The van der Waals surface area contributed by atoms with Crippen LogP contribution in [-0.2, 0) is 32.3 Å². The van der Waals surface area contributed by atoms with E-state index in [4.69, 9.17) is 30.1 Å². The van der Waals surface area contributed by atoms with Crippen molar-refractivity contribution in [2.45, 2.75) is 39.3 Å². The number of carboxylic acid groups (broad SMARTS) is 4. The van der Waals surface area contributed by atoms with Crippen LogP contribution in [-0.4, -0.2) is 109 Å². The molecule has 14 nitrogen and oxygen atoms in total. The highest BCUT2D eigenvalue weighted by Crippen LogP contribution is 2.20. The molecular formula is C42H48N4O10. The molecule has 296 valence electrons. The van der Waals surface area contributed by atoms with Crippen molar-refractivity contribution < 1.29 is 49.1 Å². The highest BCUT2D eigenvalue weighted by Gasteiger charge is 2.20. The third-order valence-electron chi connectivity index (χ3n) is 8.28. The molecule has 1 fully saturated rings. The van der Waals surface area contributed by atoms with Gasteiger partial charge in [-0.3, -0.25) is 14.6 Å². The van der Waals surface area contributed by atoms with Crippen molar-refractivity contribution >= 4 is 46.8 Å². The van der Waals surface area contributed by atoms with Crippen molar-refractivity contribution in [1.29, 1.82) is 0 Å². The minimum Gasteiger partial charge on any atom is -0.494 e. The van der Waals surface area contributed by atoms with Crippen LogP contribution in [0.15, 0.2) is 109 Å². The number of hydrogen-bond acceptors (Lipinski definition) is 9. The molecule has 2 heterocycles. The smallest absolute Gasteiger partial charge is 0.328 e. The van der Waals surface area contributed by atoms with Gasteiger partial charge in [-0.15, -0.1) is 0 Å². The van der Waals surface area contributed by atoms with Crippen LogP contribution in [0.4, 0.5) is 0 Å². The molecule has 1 saturated heterocycles. The minimum atomic E-state index is -1.26. The average Bonchev–Trinajstić information content (AvgIpc) is 3.53. The Morgan fingerprint density at radius 1 is 0.714 bits per heavy atom. The van der Waals surface area contributed by atoms with Gasteiger partial charge in [0.15, 0.2) is 5.78 Å². The van der Waals surface area contributed by atoms with E-state index in [0.29, 0.717) is 43.9 Å². The van der Waals surface area contributed by atoms with Crippen molar-refractivity contribution in [3.63, 3.8) is 0 Å². The number of rotatable bonds is 17. The Labute approximate surface area is 325 Å². The van der Waals surface area contributed by atoms with E-state index in [1.54, 1.807) is 0 Å². The number of piperazine rings is 1. The number of ketones is 1. The van der Waals surface area contributed by atoms with E-state index >= 15 is 0 Å². The summed E-state index contributed by atoms with van der Waals surface area (Å²) in [6.07, 6.45) is 9.26. The van der Waals surface area contributed by atoms with E-state index in [2.05, 4.69) is 69.8 Å². The van der Waals surface area contributed by atoms with E-state index in [1.165, 1.54) is 5.56 Å². The Kier molecular flexibility index (Phi) is 19.0. The fraction of sp³-hybridized carbons (Fsp3) is 0.286. The average molecular weight is 769 g/mol. The maximum absolute atomic E-state index is 13.1. The Balaban J connectivity index is 0.000000441. The molecule has 0 aliphatic carbocycles. The SMILES string of the molecule is CCCCOc1ccc(C(=O)CCn2c(CN3CCN(C/C=C/c4ccccc4)CC3)nc3ccccc32)cc1.O=C(O)/C=C\C(=O)O.O=C(O)/C=C\C(=O)O. The maximum atomic E-state index is 13.1. The third kappa shape index (κ3) is 16.7. The normalized spacial score (nSPS) is 13.2. The molecule has 56 heavy (non-hydrogen) atoms. The molecule has 3 aromatic carbocycles. The lowest BCUT2D eigenvalue weighted by molar-refractivity contribution is -0.134. The van der Waals surface area contributed by atoms with Crippen LogP contribution in [0.1, 0.15) is 47.9 Å². The van der Waals surface area contributed by atoms with Crippen LogP contribution in [0.5, 0.6) is 5.75 Å². The number of ether oxygens (including phenoxy) is 1. The lowest BCUT2D eigenvalue weighted by Crippen LogP contribution is -2.46. The molecule has 0 radical (unpaired) electrons. The predicted molar refractivity (Wildman–Crippen MR) is 212 cm³/mol. The van der Waals surface area contributed by atoms with Crippen molar-refractivity contribution in [1.82, 2.24) is 19.4 Å². The Bertz CT molecular complexity index is 1900. The van der Waals surface area contributed by atoms with Crippen molar-refractivity contribution in [2.75, 3.05) is 39.3 Å². The van der Waals surface area contributed by atoms with E-state index in [1.807, 2.05) is 42.5 Å². The lowest BCUT2D eigenvalue weighted by atomic mass is 10.1. The van der Waals surface area contributed by atoms with Crippen molar-refractivity contribution in [2.24, 2.45) is 0 Å². The number of carboxylic acids is 4. The number of carbonyl (C=O) groups is 5. The van der Waals surface area contributed by atoms with Crippen LogP contribution < -0.4 is 4.74 Å². The summed E-state index contributed by atoms with van der Waals surface area (Å²) in [6, 6.07) is 26.3. The molecule has 5 rings (SSSR count). The van der Waals surface area contributed by atoms with Gasteiger partial charge < -0.3 is 29.7 Å². The highest BCUT2D eigenvalue weighted by molar-refractivity contribution is 5.96. The molecule has 1 aliphatic heterocycles. The summed E-state index contributed by atoms with van der Waals surface area (Å²) in [5.74, 6) is -3.04. The first-order valence-electron chi connectivity index (χ1n) is 18.1.